The molecule has 14 heavy (non-hydrogen) atoms. The fraction of sp³-hybridized carbons (Fsp3) is 0.909. The van der Waals surface area contributed by atoms with E-state index in [-0.39, 0.29) is 0 Å². The minimum atomic E-state index is 0.415. The molecule has 78 valence electrons. The average molecular weight is 194 g/mol. The first-order valence-electron chi connectivity index (χ1n) is 5.85. The number of fused-ring (bicyclic) bond motifs is 4. The average Bonchev–Trinajstić information content (AvgIpc) is 2.20. The summed E-state index contributed by atoms with van der Waals surface area (Å²) in [7, 11) is 0. The maximum atomic E-state index is 11.8. The first kappa shape index (κ1) is 8.72. The van der Waals surface area contributed by atoms with Crippen molar-refractivity contribution in [2.45, 2.75) is 31.7 Å². The third kappa shape index (κ3) is 1.26. The highest BCUT2D eigenvalue weighted by Gasteiger charge is 2.41. The maximum Gasteiger partial charge on any atom is 0.222 e. The SMILES string of the molecule is O=C1CCC[C@@H]2[C@H]3CNC[C@@H](C3)CN12. The van der Waals surface area contributed by atoms with Gasteiger partial charge in [-0.1, -0.05) is 0 Å². The number of carbonyl (C=O) groups is 1. The smallest absolute Gasteiger partial charge is 0.222 e. The number of piperidine rings is 3. The molecule has 0 aromatic carbocycles. The number of rotatable bonds is 0. The van der Waals surface area contributed by atoms with E-state index >= 15 is 0 Å². The monoisotopic (exact) mass is 194 g/mol. The summed E-state index contributed by atoms with van der Waals surface area (Å²) in [6.45, 7) is 3.27. The molecule has 3 rings (SSSR count). The first-order chi connectivity index (χ1) is 6.84. The lowest BCUT2D eigenvalue weighted by Gasteiger charge is -2.49. The van der Waals surface area contributed by atoms with Crippen LogP contribution in [0.3, 0.4) is 0 Å². The summed E-state index contributed by atoms with van der Waals surface area (Å²) < 4.78 is 0. The Labute approximate surface area is 84.8 Å². The van der Waals surface area contributed by atoms with Crippen LogP contribution < -0.4 is 5.32 Å². The van der Waals surface area contributed by atoms with Crippen LogP contribution in [0.1, 0.15) is 25.7 Å². The fourth-order valence-corrected chi connectivity index (χ4v) is 3.45. The molecule has 0 aromatic rings. The molecule has 1 N–H and O–H groups in total. The topological polar surface area (TPSA) is 32.3 Å². The molecule has 0 unspecified atom stereocenters. The summed E-state index contributed by atoms with van der Waals surface area (Å²) in [5.41, 5.74) is 0. The Hall–Kier alpha value is -0.570. The molecule has 3 atom stereocenters. The third-order valence-corrected chi connectivity index (χ3v) is 4.09. The van der Waals surface area contributed by atoms with Crippen LogP contribution >= 0.6 is 0 Å². The maximum absolute atomic E-state index is 11.8. The zero-order chi connectivity index (χ0) is 9.54. The van der Waals surface area contributed by atoms with Crippen molar-refractivity contribution in [2.75, 3.05) is 19.6 Å². The molecule has 0 spiro atoms. The summed E-state index contributed by atoms with van der Waals surface area (Å²) in [6, 6.07) is 0.570. The van der Waals surface area contributed by atoms with Gasteiger partial charge in [-0.15, -0.1) is 0 Å². The molecule has 0 radical (unpaired) electrons. The van der Waals surface area contributed by atoms with E-state index < -0.39 is 0 Å². The molecule has 0 aliphatic carbocycles. The van der Waals surface area contributed by atoms with Gasteiger partial charge in [-0.2, -0.15) is 0 Å². The van der Waals surface area contributed by atoms with Gasteiger partial charge in [0, 0.05) is 19.0 Å². The minimum Gasteiger partial charge on any atom is -0.339 e. The van der Waals surface area contributed by atoms with Gasteiger partial charge in [0.1, 0.15) is 0 Å². The molecule has 0 aromatic heterocycles. The van der Waals surface area contributed by atoms with Crippen LogP contribution in [0.15, 0.2) is 0 Å². The number of hydrogen-bond donors (Lipinski definition) is 1. The van der Waals surface area contributed by atoms with Crippen LogP contribution in [0.2, 0.25) is 0 Å². The van der Waals surface area contributed by atoms with Gasteiger partial charge in [0.2, 0.25) is 5.91 Å². The van der Waals surface area contributed by atoms with Crippen LogP contribution in [0.4, 0.5) is 0 Å². The van der Waals surface area contributed by atoms with Gasteiger partial charge in [-0.3, -0.25) is 4.79 Å². The highest BCUT2D eigenvalue weighted by atomic mass is 16.2. The van der Waals surface area contributed by atoms with Crippen LogP contribution in [-0.4, -0.2) is 36.5 Å². The Balaban J connectivity index is 1.83. The number of carbonyl (C=O) groups excluding carboxylic acids is 1. The van der Waals surface area contributed by atoms with Gasteiger partial charge >= 0.3 is 0 Å². The van der Waals surface area contributed by atoms with Crippen molar-refractivity contribution in [3.05, 3.63) is 0 Å². The van der Waals surface area contributed by atoms with E-state index in [1.54, 1.807) is 0 Å². The molecule has 3 fully saturated rings. The van der Waals surface area contributed by atoms with Gasteiger partial charge < -0.3 is 10.2 Å². The Bertz CT molecular complexity index is 254. The molecule has 2 bridgehead atoms. The summed E-state index contributed by atoms with van der Waals surface area (Å²) in [4.78, 5) is 13.9. The summed E-state index contributed by atoms with van der Waals surface area (Å²) in [5, 5.41) is 3.50. The summed E-state index contributed by atoms with van der Waals surface area (Å²) >= 11 is 0. The van der Waals surface area contributed by atoms with Gasteiger partial charge in [-0.25, -0.2) is 0 Å². The number of amides is 1. The van der Waals surface area contributed by atoms with Crippen molar-refractivity contribution in [2.24, 2.45) is 11.8 Å². The second kappa shape index (κ2) is 3.23. The second-order valence-electron chi connectivity index (χ2n) is 5.03. The Morgan fingerprint density at radius 2 is 2.29 bits per heavy atom. The molecular formula is C11H18N2O. The Morgan fingerprint density at radius 1 is 1.36 bits per heavy atom. The van der Waals surface area contributed by atoms with Crippen LogP contribution in [-0.2, 0) is 4.79 Å². The second-order valence-corrected chi connectivity index (χ2v) is 5.03. The van der Waals surface area contributed by atoms with Crippen molar-refractivity contribution in [3.63, 3.8) is 0 Å². The molecule has 1 amide bonds. The molecule has 0 saturated carbocycles. The molecular weight excluding hydrogens is 176 g/mol. The zero-order valence-corrected chi connectivity index (χ0v) is 8.54. The van der Waals surface area contributed by atoms with Gasteiger partial charge in [-0.05, 0) is 44.2 Å². The van der Waals surface area contributed by atoms with E-state index in [0.29, 0.717) is 11.9 Å². The number of nitrogens with zero attached hydrogens (tertiary/aromatic N) is 1. The van der Waals surface area contributed by atoms with Crippen molar-refractivity contribution in [1.29, 1.82) is 0 Å². The predicted molar refractivity (Wildman–Crippen MR) is 53.8 cm³/mol. The lowest BCUT2D eigenvalue weighted by atomic mass is 9.77. The molecule has 3 aliphatic rings. The minimum absolute atomic E-state index is 0.415. The van der Waals surface area contributed by atoms with E-state index in [4.69, 9.17) is 0 Å². The molecule has 3 nitrogen and oxygen atoms in total. The van der Waals surface area contributed by atoms with Crippen molar-refractivity contribution in [3.8, 4) is 0 Å². The van der Waals surface area contributed by atoms with Crippen LogP contribution in [0.5, 0.6) is 0 Å². The van der Waals surface area contributed by atoms with Crippen molar-refractivity contribution >= 4 is 5.91 Å². The molecule has 3 heterocycles. The van der Waals surface area contributed by atoms with Crippen molar-refractivity contribution in [1.82, 2.24) is 10.2 Å². The lowest BCUT2D eigenvalue weighted by molar-refractivity contribution is -0.142. The molecule has 3 heteroatoms. The fourth-order valence-electron chi connectivity index (χ4n) is 3.45. The Morgan fingerprint density at radius 3 is 3.21 bits per heavy atom. The van der Waals surface area contributed by atoms with E-state index in [0.717, 1.165) is 44.3 Å². The highest BCUT2D eigenvalue weighted by molar-refractivity contribution is 5.77. The summed E-state index contributed by atoms with van der Waals surface area (Å²) in [6.07, 6.45) is 4.50. The number of hydrogen-bond acceptors (Lipinski definition) is 2. The lowest BCUT2D eigenvalue weighted by Crippen LogP contribution is -2.59. The predicted octanol–water partition coefficient (Wildman–Crippen LogP) is 0.607. The molecule has 3 saturated heterocycles. The summed E-state index contributed by atoms with van der Waals surface area (Å²) in [5.74, 6) is 1.89. The van der Waals surface area contributed by atoms with E-state index in [2.05, 4.69) is 10.2 Å². The van der Waals surface area contributed by atoms with Crippen LogP contribution in [0.25, 0.3) is 0 Å². The van der Waals surface area contributed by atoms with Gasteiger partial charge in [0.15, 0.2) is 0 Å². The molecule has 3 aliphatic heterocycles. The van der Waals surface area contributed by atoms with Crippen LogP contribution in [0, 0.1) is 11.8 Å². The van der Waals surface area contributed by atoms with Crippen molar-refractivity contribution < 1.29 is 4.79 Å². The Kier molecular flexibility index (Phi) is 2.01. The van der Waals surface area contributed by atoms with E-state index in [1.807, 2.05) is 0 Å². The normalized spacial score (nSPS) is 42.1. The first-order valence-corrected chi connectivity index (χ1v) is 5.85. The van der Waals surface area contributed by atoms with Gasteiger partial charge in [0.05, 0.1) is 0 Å². The number of nitrogens with one attached hydrogen (secondary N) is 1. The van der Waals surface area contributed by atoms with Gasteiger partial charge in [0.25, 0.3) is 0 Å². The van der Waals surface area contributed by atoms with E-state index in [9.17, 15) is 4.79 Å². The largest absolute Gasteiger partial charge is 0.339 e. The quantitative estimate of drug-likeness (QED) is 0.612. The zero-order valence-electron chi connectivity index (χ0n) is 8.54. The third-order valence-electron chi connectivity index (χ3n) is 4.09. The van der Waals surface area contributed by atoms with E-state index in [1.165, 1.54) is 12.8 Å². The highest BCUT2D eigenvalue weighted by Crippen LogP contribution is 2.35. The standard InChI is InChI=1S/C11H18N2O/c14-11-3-1-2-10-9-4-8(5-12-6-9)7-13(10)11/h8-10,12H,1-7H2/t8-,9-,10-/m1/s1.